The van der Waals surface area contributed by atoms with Crippen LogP contribution >= 0.6 is 0 Å². The van der Waals surface area contributed by atoms with Crippen LogP contribution in [-0.2, 0) is 4.74 Å². The number of rotatable bonds is 6. The molecule has 3 aromatic rings. The number of benzene rings is 3. The number of aromatic hydroxyl groups is 1. The minimum atomic E-state index is -0.922. The molecule has 0 amide bonds. The van der Waals surface area contributed by atoms with Crippen LogP contribution in [0.3, 0.4) is 0 Å². The van der Waals surface area contributed by atoms with Gasteiger partial charge in [-0.15, -0.1) is 0 Å². The van der Waals surface area contributed by atoms with Crippen LogP contribution < -0.4 is 4.74 Å². The van der Waals surface area contributed by atoms with Crippen molar-refractivity contribution in [2.75, 3.05) is 6.61 Å². The van der Waals surface area contributed by atoms with E-state index in [1.54, 1.807) is 19.1 Å². The minimum Gasteiger partial charge on any atom is -0.508 e. The molecule has 34 heavy (non-hydrogen) atoms. The Morgan fingerprint density at radius 3 is 2.29 bits per heavy atom. The number of carbonyl (C=O) groups is 1. The molecule has 0 aromatic heterocycles. The quantitative estimate of drug-likeness (QED) is 0.405. The monoisotopic (exact) mass is 470 g/mol. The Morgan fingerprint density at radius 2 is 1.65 bits per heavy atom. The highest BCUT2D eigenvalue weighted by molar-refractivity contribution is 5.89. The lowest BCUT2D eigenvalue weighted by Crippen LogP contribution is -2.24. The van der Waals surface area contributed by atoms with Gasteiger partial charge in [0.2, 0.25) is 0 Å². The van der Waals surface area contributed by atoms with Gasteiger partial charge in [0.05, 0.1) is 12.2 Å². The third-order valence-electron chi connectivity index (χ3n) is 6.15. The Balaban J connectivity index is 1.39. The van der Waals surface area contributed by atoms with Crippen molar-refractivity contribution >= 4 is 5.97 Å². The maximum atomic E-state index is 14.9. The third kappa shape index (κ3) is 5.03. The molecule has 1 aliphatic rings. The molecule has 3 aromatic carbocycles. The highest BCUT2D eigenvalue weighted by atomic mass is 19.2. The van der Waals surface area contributed by atoms with Crippen molar-refractivity contribution in [2.24, 2.45) is 0 Å². The Morgan fingerprint density at radius 1 is 0.941 bits per heavy atom. The molecule has 0 heterocycles. The molecule has 0 aliphatic heterocycles. The van der Waals surface area contributed by atoms with E-state index < -0.39 is 23.4 Å². The van der Waals surface area contributed by atoms with Gasteiger partial charge in [-0.2, -0.15) is 0 Å². The largest absolute Gasteiger partial charge is 0.508 e. The Kier molecular flexibility index (Phi) is 7.10. The van der Waals surface area contributed by atoms with E-state index in [0.29, 0.717) is 43.4 Å². The maximum Gasteiger partial charge on any atom is 0.338 e. The molecule has 1 aliphatic carbocycles. The summed E-state index contributed by atoms with van der Waals surface area (Å²) in [5, 5.41) is 9.40. The second kappa shape index (κ2) is 10.2. The first kappa shape index (κ1) is 23.7. The van der Waals surface area contributed by atoms with Crippen LogP contribution in [0.1, 0.15) is 54.4 Å². The van der Waals surface area contributed by atoms with E-state index in [1.807, 2.05) is 0 Å². The Bertz CT molecular complexity index is 1170. The number of phenols is 1. The van der Waals surface area contributed by atoms with E-state index in [9.17, 15) is 23.1 Å². The van der Waals surface area contributed by atoms with Gasteiger partial charge in [0.15, 0.2) is 23.2 Å². The predicted octanol–water partition coefficient (Wildman–Crippen LogP) is 6.76. The van der Waals surface area contributed by atoms with Crippen molar-refractivity contribution in [3.63, 3.8) is 0 Å². The molecule has 0 spiro atoms. The first-order chi connectivity index (χ1) is 16.4. The lowest BCUT2D eigenvalue weighted by atomic mass is 9.82. The summed E-state index contributed by atoms with van der Waals surface area (Å²) in [5.41, 5.74) is 1.01. The Labute approximate surface area is 196 Å². The molecule has 1 fully saturated rings. The lowest BCUT2D eigenvalue weighted by Gasteiger charge is -2.29. The van der Waals surface area contributed by atoms with Gasteiger partial charge >= 0.3 is 5.97 Å². The van der Waals surface area contributed by atoms with E-state index in [1.165, 1.54) is 36.4 Å². The van der Waals surface area contributed by atoms with Gasteiger partial charge in [-0.25, -0.2) is 18.0 Å². The fourth-order valence-electron chi connectivity index (χ4n) is 4.36. The average Bonchev–Trinajstić information content (AvgIpc) is 2.83. The average molecular weight is 470 g/mol. The van der Waals surface area contributed by atoms with E-state index in [0.717, 1.165) is 6.07 Å². The van der Waals surface area contributed by atoms with Gasteiger partial charge in [0, 0.05) is 5.56 Å². The fraction of sp³-hybridized carbons (Fsp3) is 0.296. The van der Waals surface area contributed by atoms with E-state index in [4.69, 9.17) is 9.47 Å². The summed E-state index contributed by atoms with van der Waals surface area (Å²) in [6.07, 6.45) is 1.69. The maximum absolute atomic E-state index is 14.9. The fourth-order valence-corrected chi connectivity index (χ4v) is 4.36. The molecule has 0 atom stereocenters. The van der Waals surface area contributed by atoms with Gasteiger partial charge in [0.25, 0.3) is 0 Å². The molecule has 4 rings (SSSR count). The van der Waals surface area contributed by atoms with Crippen LogP contribution in [0, 0.1) is 17.5 Å². The van der Waals surface area contributed by atoms with Gasteiger partial charge in [-0.3, -0.25) is 0 Å². The van der Waals surface area contributed by atoms with Gasteiger partial charge in [-0.1, -0.05) is 24.3 Å². The summed E-state index contributed by atoms with van der Waals surface area (Å²) in [5.74, 6) is -3.13. The van der Waals surface area contributed by atoms with Gasteiger partial charge < -0.3 is 14.6 Å². The van der Waals surface area contributed by atoms with Crippen LogP contribution in [0.15, 0.2) is 54.6 Å². The van der Waals surface area contributed by atoms with Crippen LogP contribution in [-0.4, -0.2) is 23.8 Å². The molecule has 1 N–H and O–H groups in total. The predicted molar refractivity (Wildman–Crippen MR) is 121 cm³/mol. The summed E-state index contributed by atoms with van der Waals surface area (Å²) >= 11 is 0. The number of hydrogen-bond donors (Lipinski definition) is 1. The van der Waals surface area contributed by atoms with Crippen molar-refractivity contribution in [3.8, 4) is 22.6 Å². The minimum absolute atomic E-state index is 0.0476. The molecule has 0 bridgehead atoms. The number of carbonyl (C=O) groups excluding carboxylic acids is 1. The van der Waals surface area contributed by atoms with Crippen molar-refractivity contribution in [2.45, 2.75) is 44.6 Å². The smallest absolute Gasteiger partial charge is 0.338 e. The summed E-state index contributed by atoms with van der Waals surface area (Å²) in [7, 11) is 0. The summed E-state index contributed by atoms with van der Waals surface area (Å²) in [6, 6.07) is 13.0. The zero-order chi connectivity index (χ0) is 24.2. The van der Waals surface area contributed by atoms with Crippen LogP contribution in [0.5, 0.6) is 11.5 Å². The lowest BCUT2D eigenvalue weighted by molar-refractivity contribution is 0.0193. The summed E-state index contributed by atoms with van der Waals surface area (Å²) in [6.45, 7) is 2.05. The topological polar surface area (TPSA) is 55.8 Å². The molecule has 0 saturated heterocycles. The van der Waals surface area contributed by atoms with Crippen molar-refractivity contribution < 1.29 is 32.5 Å². The van der Waals surface area contributed by atoms with E-state index >= 15 is 0 Å². The molecular weight excluding hydrogens is 445 g/mol. The number of esters is 1. The second-order valence-electron chi connectivity index (χ2n) is 8.33. The molecular formula is C27H25F3O4. The van der Waals surface area contributed by atoms with Crippen molar-refractivity contribution in [3.05, 3.63) is 83.2 Å². The van der Waals surface area contributed by atoms with Crippen molar-refractivity contribution in [1.29, 1.82) is 0 Å². The number of phenolic OH excluding ortho intramolecular Hbond substituents is 1. The SMILES string of the molecule is CCOc1ccc(C(=O)OC2CCC(c3ccc(-c4ccc(O)cc4)c(F)c3F)CC2)cc1F. The highest BCUT2D eigenvalue weighted by Gasteiger charge is 2.28. The highest BCUT2D eigenvalue weighted by Crippen LogP contribution is 2.38. The van der Waals surface area contributed by atoms with E-state index in [2.05, 4.69) is 0 Å². The number of ether oxygens (including phenoxy) is 2. The normalized spacial score (nSPS) is 17.9. The van der Waals surface area contributed by atoms with Crippen LogP contribution in [0.25, 0.3) is 11.1 Å². The second-order valence-corrected chi connectivity index (χ2v) is 8.33. The zero-order valence-corrected chi connectivity index (χ0v) is 18.7. The van der Waals surface area contributed by atoms with Crippen molar-refractivity contribution in [1.82, 2.24) is 0 Å². The first-order valence-corrected chi connectivity index (χ1v) is 11.3. The molecule has 178 valence electrons. The Hall–Kier alpha value is -3.48. The van der Waals surface area contributed by atoms with Crippen LogP contribution in [0.2, 0.25) is 0 Å². The molecule has 0 unspecified atom stereocenters. The standard InChI is InChI=1S/C27H25F3O4/c1-2-33-24-14-7-18(15-23(24)28)27(32)34-20-10-5-17(6-11-20)22-13-12-21(25(29)26(22)30)16-3-8-19(31)9-4-16/h3-4,7-9,12-15,17,20,31H,2,5-6,10-11H2,1H3. The van der Waals surface area contributed by atoms with Gasteiger partial charge in [-0.05, 0) is 80.0 Å². The summed E-state index contributed by atoms with van der Waals surface area (Å²) in [4.78, 5) is 12.4. The first-order valence-electron chi connectivity index (χ1n) is 11.3. The zero-order valence-electron chi connectivity index (χ0n) is 18.7. The van der Waals surface area contributed by atoms with E-state index in [-0.39, 0.29) is 34.6 Å². The molecule has 0 radical (unpaired) electrons. The summed E-state index contributed by atoms with van der Waals surface area (Å²) < 4.78 is 54.4. The van der Waals surface area contributed by atoms with Gasteiger partial charge in [0.1, 0.15) is 11.9 Å². The number of hydrogen-bond acceptors (Lipinski definition) is 4. The van der Waals surface area contributed by atoms with Crippen LogP contribution in [0.4, 0.5) is 13.2 Å². The molecule has 7 heteroatoms. The molecule has 4 nitrogen and oxygen atoms in total. The number of halogens is 3. The third-order valence-corrected chi connectivity index (χ3v) is 6.15. The molecule has 1 saturated carbocycles.